The Bertz CT molecular complexity index is 1380. The highest BCUT2D eigenvalue weighted by Crippen LogP contribution is 2.57. The van der Waals surface area contributed by atoms with Gasteiger partial charge in [0.05, 0.1) is 24.5 Å². The highest BCUT2D eigenvalue weighted by atomic mass is 127. The van der Waals surface area contributed by atoms with Crippen molar-refractivity contribution in [3.63, 3.8) is 0 Å². The van der Waals surface area contributed by atoms with Crippen molar-refractivity contribution in [1.82, 2.24) is 4.90 Å². The van der Waals surface area contributed by atoms with E-state index in [4.69, 9.17) is 4.74 Å². The van der Waals surface area contributed by atoms with Crippen LogP contribution in [0.5, 0.6) is 0 Å². The lowest BCUT2D eigenvalue weighted by Gasteiger charge is -2.27. The van der Waals surface area contributed by atoms with E-state index in [2.05, 4.69) is 22.6 Å². The number of fused-ring (bicyclic) bond motifs is 3. The molecule has 2 aliphatic heterocycles. The number of ether oxygens (including phenoxy) is 1. The molecule has 1 aliphatic carbocycles. The smallest absolute Gasteiger partial charge is 0.237 e. The number of hydrogen-bond donors (Lipinski definition) is 0. The average molecular weight is 577 g/mol. The summed E-state index contributed by atoms with van der Waals surface area (Å²) in [7, 11) is 0. The number of nitrogens with zero attached hydrogens (tertiary/aromatic N) is 1. The summed E-state index contributed by atoms with van der Waals surface area (Å²) in [4.78, 5) is 56.2. The highest BCUT2D eigenvalue weighted by molar-refractivity contribution is 14.1. The summed E-state index contributed by atoms with van der Waals surface area (Å²) in [5, 5.41) is 0. The summed E-state index contributed by atoms with van der Waals surface area (Å²) >= 11 is 2.18. The zero-order chi connectivity index (χ0) is 24.5. The van der Waals surface area contributed by atoms with E-state index in [1.807, 2.05) is 55.5 Å². The summed E-state index contributed by atoms with van der Waals surface area (Å²) < 4.78 is 7.29. The van der Waals surface area contributed by atoms with Crippen molar-refractivity contribution < 1.29 is 23.9 Å². The van der Waals surface area contributed by atoms with Crippen LogP contribution in [0.1, 0.15) is 43.5 Å². The fraction of sp³-hybridized carbons (Fsp3) is 0.214. The number of carbonyl (C=O) groups is 4. The van der Waals surface area contributed by atoms with Gasteiger partial charge in [-0.05, 0) is 52.8 Å². The molecule has 0 N–H and O–H groups in total. The topological polar surface area (TPSA) is 80.8 Å². The van der Waals surface area contributed by atoms with Gasteiger partial charge in [0.1, 0.15) is 0 Å². The molecule has 0 saturated carbocycles. The molecule has 2 amide bonds. The maximum Gasteiger partial charge on any atom is 0.237 e. The fourth-order valence-corrected chi connectivity index (χ4v) is 5.92. The average Bonchev–Trinajstić information content (AvgIpc) is 3.42. The number of imide groups is 1. The lowest BCUT2D eigenvalue weighted by Crippen LogP contribution is -2.50. The zero-order valence-corrected chi connectivity index (χ0v) is 20.9. The first-order valence-corrected chi connectivity index (χ1v) is 12.4. The van der Waals surface area contributed by atoms with Gasteiger partial charge in [-0.3, -0.25) is 24.1 Å². The Morgan fingerprint density at radius 1 is 0.829 bits per heavy atom. The monoisotopic (exact) mass is 577 g/mol. The molecule has 6 nitrogen and oxygen atoms in total. The van der Waals surface area contributed by atoms with Gasteiger partial charge in [-0.1, -0.05) is 66.2 Å². The number of hydrogen-bond acceptors (Lipinski definition) is 5. The highest BCUT2D eigenvalue weighted by Gasteiger charge is 2.74. The minimum absolute atomic E-state index is 0.0791. The molecule has 174 valence electrons. The van der Waals surface area contributed by atoms with Crippen LogP contribution in [0.2, 0.25) is 0 Å². The molecule has 35 heavy (non-hydrogen) atoms. The van der Waals surface area contributed by atoms with E-state index < -0.39 is 46.9 Å². The number of carbonyl (C=O) groups excluding carboxylic acids is 4. The third-order valence-electron chi connectivity index (χ3n) is 7.27. The van der Waals surface area contributed by atoms with Crippen molar-refractivity contribution in [2.24, 2.45) is 11.8 Å². The molecule has 3 aromatic carbocycles. The van der Waals surface area contributed by atoms with Crippen LogP contribution in [0.3, 0.4) is 0 Å². The molecule has 0 unspecified atom stereocenters. The van der Waals surface area contributed by atoms with E-state index in [1.54, 1.807) is 24.3 Å². The molecule has 0 radical (unpaired) electrons. The molecule has 6 rings (SSSR count). The standard InChI is InChI=1S/C28H20INO5/c1-15-6-8-16(9-7-15)14-30-26(33)21-22(27(30)34)28(35-23(21)17-10-12-18(29)13-11-17)24(31)19-4-2-3-5-20(19)25(28)32/h2-13,21-23H,14H2,1H3/t21-,22-,23+/m0/s1. The first kappa shape index (κ1) is 22.3. The number of aryl methyl sites for hydroxylation is 1. The predicted octanol–water partition coefficient (Wildman–Crippen LogP) is 4.29. The van der Waals surface area contributed by atoms with E-state index in [0.29, 0.717) is 5.56 Å². The van der Waals surface area contributed by atoms with E-state index in [0.717, 1.165) is 14.7 Å². The van der Waals surface area contributed by atoms with E-state index in [-0.39, 0.29) is 17.7 Å². The van der Waals surface area contributed by atoms with Gasteiger partial charge in [-0.15, -0.1) is 0 Å². The van der Waals surface area contributed by atoms with Crippen molar-refractivity contribution in [2.75, 3.05) is 0 Å². The molecule has 2 fully saturated rings. The third kappa shape index (κ3) is 3.11. The van der Waals surface area contributed by atoms with E-state index >= 15 is 0 Å². The minimum atomic E-state index is -2.03. The Morgan fingerprint density at radius 2 is 1.43 bits per heavy atom. The Kier molecular flexibility index (Phi) is 5.05. The Balaban J connectivity index is 1.48. The number of benzene rings is 3. The third-order valence-corrected chi connectivity index (χ3v) is 7.99. The SMILES string of the molecule is Cc1ccc(CN2C(=O)[C@@H]3[C@@H](c4ccc(I)cc4)OC4(C(=O)c5ccccc5C4=O)[C@@H]3C2=O)cc1. The number of Topliss-reactive ketones (excluding diaryl/α,β-unsaturated/α-hetero) is 2. The van der Waals surface area contributed by atoms with E-state index in [9.17, 15) is 19.2 Å². The van der Waals surface area contributed by atoms with Crippen molar-refractivity contribution in [2.45, 2.75) is 25.2 Å². The summed E-state index contributed by atoms with van der Waals surface area (Å²) in [5.41, 5.74) is 0.957. The number of rotatable bonds is 3. The van der Waals surface area contributed by atoms with Crippen LogP contribution in [0, 0.1) is 22.3 Å². The molecule has 0 bridgehead atoms. The van der Waals surface area contributed by atoms with Gasteiger partial charge in [-0.2, -0.15) is 0 Å². The molecular formula is C28H20INO5. The normalized spacial score (nSPS) is 24.4. The second kappa shape index (κ2) is 7.93. The molecule has 1 spiro atoms. The van der Waals surface area contributed by atoms with Crippen molar-refractivity contribution in [3.05, 3.63) is 104 Å². The van der Waals surface area contributed by atoms with Crippen molar-refractivity contribution >= 4 is 46.0 Å². The molecule has 2 heterocycles. The zero-order valence-electron chi connectivity index (χ0n) is 18.7. The maximum atomic E-state index is 13.8. The quantitative estimate of drug-likeness (QED) is 0.264. The van der Waals surface area contributed by atoms with Crippen LogP contribution in [0.15, 0.2) is 72.8 Å². The lowest BCUT2D eigenvalue weighted by atomic mass is 9.77. The van der Waals surface area contributed by atoms with Crippen LogP contribution < -0.4 is 0 Å². The number of amides is 2. The second-order valence-electron chi connectivity index (χ2n) is 9.28. The van der Waals surface area contributed by atoms with Crippen LogP contribution in [0.4, 0.5) is 0 Å². The molecule has 0 aromatic heterocycles. The molecule has 3 aliphatic rings. The Morgan fingerprint density at radius 3 is 2.03 bits per heavy atom. The van der Waals surface area contributed by atoms with Gasteiger partial charge in [0, 0.05) is 14.7 Å². The summed E-state index contributed by atoms with van der Waals surface area (Å²) in [6, 6.07) is 21.5. The van der Waals surface area contributed by atoms with Crippen molar-refractivity contribution in [1.29, 1.82) is 0 Å². The van der Waals surface area contributed by atoms with Gasteiger partial charge in [-0.25, -0.2) is 0 Å². The largest absolute Gasteiger partial charge is 0.349 e. The van der Waals surface area contributed by atoms with Crippen LogP contribution in [-0.2, 0) is 20.9 Å². The van der Waals surface area contributed by atoms with Gasteiger partial charge in [0.15, 0.2) is 0 Å². The molecule has 2 saturated heterocycles. The van der Waals surface area contributed by atoms with Gasteiger partial charge >= 0.3 is 0 Å². The predicted molar refractivity (Wildman–Crippen MR) is 135 cm³/mol. The summed E-state index contributed by atoms with van der Waals surface area (Å²) in [6.45, 7) is 2.04. The maximum absolute atomic E-state index is 13.8. The summed E-state index contributed by atoms with van der Waals surface area (Å²) in [5.74, 6) is -4.22. The van der Waals surface area contributed by atoms with Crippen LogP contribution in [0.25, 0.3) is 0 Å². The van der Waals surface area contributed by atoms with Gasteiger partial charge in [0.2, 0.25) is 29.0 Å². The molecular weight excluding hydrogens is 557 g/mol. The van der Waals surface area contributed by atoms with Gasteiger partial charge < -0.3 is 4.74 Å². The molecule has 3 atom stereocenters. The first-order chi connectivity index (χ1) is 16.8. The minimum Gasteiger partial charge on any atom is -0.349 e. The first-order valence-electron chi connectivity index (χ1n) is 11.4. The lowest BCUT2D eigenvalue weighted by molar-refractivity contribution is -0.145. The Labute approximate surface area is 215 Å². The van der Waals surface area contributed by atoms with Crippen molar-refractivity contribution in [3.8, 4) is 0 Å². The number of ketones is 2. The molecule has 3 aromatic rings. The van der Waals surface area contributed by atoms with Crippen LogP contribution in [-0.4, -0.2) is 33.9 Å². The number of likely N-dealkylation sites (tertiary alicyclic amines) is 1. The van der Waals surface area contributed by atoms with E-state index in [1.165, 1.54) is 4.90 Å². The Hall–Kier alpha value is -3.17. The number of halogens is 1. The van der Waals surface area contributed by atoms with Gasteiger partial charge in [0.25, 0.3) is 0 Å². The fourth-order valence-electron chi connectivity index (χ4n) is 5.56. The second-order valence-corrected chi connectivity index (χ2v) is 10.5. The van der Waals surface area contributed by atoms with Crippen LogP contribution >= 0.6 is 22.6 Å². The molecule has 7 heteroatoms. The summed E-state index contributed by atoms with van der Waals surface area (Å²) in [6.07, 6.45) is -0.890.